The van der Waals surface area contributed by atoms with Crippen molar-refractivity contribution in [1.82, 2.24) is 9.97 Å². The first-order valence-corrected chi connectivity index (χ1v) is 8.39. The Kier molecular flexibility index (Phi) is 5.91. The van der Waals surface area contributed by atoms with Crippen LogP contribution in [0.4, 0.5) is 17.2 Å². The summed E-state index contributed by atoms with van der Waals surface area (Å²) in [7, 11) is 4.68. The number of benzene rings is 2. The summed E-state index contributed by atoms with van der Waals surface area (Å²) in [6.07, 6.45) is 1.33. The van der Waals surface area contributed by atoms with Crippen LogP contribution in [0.15, 0.2) is 54.9 Å². The molecule has 0 atom stereocenters. The molecule has 8 heteroatoms. The van der Waals surface area contributed by atoms with Gasteiger partial charge in [0.2, 0.25) is 0 Å². The molecular weight excluding hydrogens is 360 g/mol. The maximum Gasteiger partial charge on any atom is 0.274 e. The first-order chi connectivity index (χ1) is 13.6. The first kappa shape index (κ1) is 19.0. The van der Waals surface area contributed by atoms with Gasteiger partial charge in [0.15, 0.2) is 11.5 Å². The zero-order valence-electron chi connectivity index (χ0n) is 15.7. The molecule has 2 N–H and O–H groups in total. The van der Waals surface area contributed by atoms with Crippen LogP contribution in [0.5, 0.6) is 17.2 Å². The smallest absolute Gasteiger partial charge is 0.274 e. The minimum atomic E-state index is -0.372. The van der Waals surface area contributed by atoms with Crippen LogP contribution in [0, 0.1) is 0 Å². The summed E-state index contributed by atoms with van der Waals surface area (Å²) in [4.78, 5) is 20.7. The fourth-order valence-corrected chi connectivity index (χ4v) is 2.51. The van der Waals surface area contributed by atoms with Crippen LogP contribution in [-0.2, 0) is 0 Å². The summed E-state index contributed by atoms with van der Waals surface area (Å²) in [5, 5.41) is 5.90. The topological polar surface area (TPSA) is 94.6 Å². The number of carbonyl (C=O) groups excluding carboxylic acids is 1. The number of carbonyl (C=O) groups is 1. The maximum absolute atomic E-state index is 12.6. The van der Waals surface area contributed by atoms with Crippen molar-refractivity contribution in [2.24, 2.45) is 0 Å². The highest BCUT2D eigenvalue weighted by molar-refractivity contribution is 6.03. The predicted octanol–water partition coefficient (Wildman–Crippen LogP) is 3.50. The molecule has 8 nitrogen and oxygen atoms in total. The van der Waals surface area contributed by atoms with Gasteiger partial charge in [0.25, 0.3) is 5.91 Å². The number of amides is 1. The van der Waals surface area contributed by atoms with Crippen molar-refractivity contribution in [3.63, 3.8) is 0 Å². The Bertz CT molecular complexity index is 978. The molecular formula is C20H20N4O4. The van der Waals surface area contributed by atoms with Crippen LogP contribution in [0.3, 0.4) is 0 Å². The van der Waals surface area contributed by atoms with Crippen LogP contribution in [0.2, 0.25) is 0 Å². The molecule has 3 rings (SSSR count). The van der Waals surface area contributed by atoms with E-state index >= 15 is 0 Å². The highest BCUT2D eigenvalue weighted by atomic mass is 16.5. The number of hydrogen-bond donors (Lipinski definition) is 2. The Labute approximate surface area is 162 Å². The van der Waals surface area contributed by atoms with E-state index < -0.39 is 0 Å². The van der Waals surface area contributed by atoms with Crippen molar-refractivity contribution in [1.29, 1.82) is 0 Å². The lowest BCUT2D eigenvalue weighted by Gasteiger charge is -2.11. The average Bonchev–Trinajstić information content (AvgIpc) is 2.74. The molecule has 0 fully saturated rings. The minimum Gasteiger partial charge on any atom is -0.497 e. The van der Waals surface area contributed by atoms with Gasteiger partial charge in [0.05, 0.1) is 21.3 Å². The van der Waals surface area contributed by atoms with E-state index in [1.54, 1.807) is 38.5 Å². The molecule has 1 amide bonds. The summed E-state index contributed by atoms with van der Waals surface area (Å²) in [6.45, 7) is 0. The number of ether oxygens (including phenoxy) is 3. The predicted molar refractivity (Wildman–Crippen MR) is 106 cm³/mol. The van der Waals surface area contributed by atoms with Crippen molar-refractivity contribution in [3.8, 4) is 17.2 Å². The van der Waals surface area contributed by atoms with Gasteiger partial charge in [0, 0.05) is 29.6 Å². The van der Waals surface area contributed by atoms with E-state index in [0.29, 0.717) is 28.8 Å². The number of anilines is 3. The normalized spacial score (nSPS) is 10.1. The molecule has 0 bridgehead atoms. The van der Waals surface area contributed by atoms with Gasteiger partial charge in [-0.1, -0.05) is 6.07 Å². The fraction of sp³-hybridized carbons (Fsp3) is 0.150. The lowest BCUT2D eigenvalue weighted by atomic mass is 10.2. The van der Waals surface area contributed by atoms with Gasteiger partial charge in [-0.15, -0.1) is 0 Å². The quantitative estimate of drug-likeness (QED) is 0.648. The molecule has 1 heterocycles. The van der Waals surface area contributed by atoms with Gasteiger partial charge < -0.3 is 24.8 Å². The van der Waals surface area contributed by atoms with E-state index in [1.165, 1.54) is 13.4 Å². The second-order valence-corrected chi connectivity index (χ2v) is 5.67. The van der Waals surface area contributed by atoms with Crippen LogP contribution >= 0.6 is 0 Å². The highest BCUT2D eigenvalue weighted by Crippen LogP contribution is 2.30. The average molecular weight is 380 g/mol. The molecule has 3 aromatic rings. The van der Waals surface area contributed by atoms with E-state index in [0.717, 1.165) is 5.69 Å². The third-order valence-corrected chi connectivity index (χ3v) is 3.88. The molecule has 144 valence electrons. The highest BCUT2D eigenvalue weighted by Gasteiger charge is 2.12. The van der Waals surface area contributed by atoms with Crippen molar-refractivity contribution >= 4 is 23.1 Å². The summed E-state index contributed by atoms with van der Waals surface area (Å²) in [5.74, 6) is 1.92. The second-order valence-electron chi connectivity index (χ2n) is 5.67. The Morgan fingerprint density at radius 2 is 1.68 bits per heavy atom. The fourth-order valence-electron chi connectivity index (χ4n) is 2.51. The van der Waals surface area contributed by atoms with Crippen LogP contribution in [-0.4, -0.2) is 37.2 Å². The Hall–Kier alpha value is -3.81. The van der Waals surface area contributed by atoms with Crippen LogP contribution in [0.25, 0.3) is 0 Å². The van der Waals surface area contributed by atoms with Gasteiger partial charge in [-0.25, -0.2) is 9.97 Å². The lowest BCUT2D eigenvalue weighted by Crippen LogP contribution is -2.14. The van der Waals surface area contributed by atoms with Gasteiger partial charge >= 0.3 is 0 Å². The maximum atomic E-state index is 12.6. The Morgan fingerprint density at radius 3 is 2.43 bits per heavy atom. The number of rotatable bonds is 7. The summed E-state index contributed by atoms with van der Waals surface area (Å²) in [5.41, 5.74) is 1.56. The Balaban J connectivity index is 1.75. The van der Waals surface area contributed by atoms with E-state index in [1.807, 2.05) is 24.3 Å². The van der Waals surface area contributed by atoms with Crippen molar-refractivity contribution in [2.75, 3.05) is 32.0 Å². The molecule has 0 saturated heterocycles. The minimum absolute atomic E-state index is 0.218. The molecule has 0 aliphatic heterocycles. The molecule has 0 spiro atoms. The molecule has 0 unspecified atom stereocenters. The first-order valence-electron chi connectivity index (χ1n) is 8.39. The molecule has 2 aromatic carbocycles. The number of methoxy groups -OCH3 is 3. The molecule has 0 aliphatic carbocycles. The zero-order chi connectivity index (χ0) is 19.9. The van der Waals surface area contributed by atoms with Crippen molar-refractivity contribution in [3.05, 3.63) is 60.6 Å². The number of nitrogens with zero attached hydrogens (tertiary/aromatic N) is 2. The van der Waals surface area contributed by atoms with Gasteiger partial charge in [-0.2, -0.15) is 0 Å². The van der Waals surface area contributed by atoms with E-state index in [9.17, 15) is 4.79 Å². The summed E-state index contributed by atoms with van der Waals surface area (Å²) < 4.78 is 15.6. The largest absolute Gasteiger partial charge is 0.497 e. The number of hydrogen-bond acceptors (Lipinski definition) is 7. The van der Waals surface area contributed by atoms with E-state index in [4.69, 9.17) is 14.2 Å². The monoisotopic (exact) mass is 380 g/mol. The van der Waals surface area contributed by atoms with Gasteiger partial charge in [0.1, 0.15) is 23.6 Å². The van der Waals surface area contributed by atoms with Gasteiger partial charge in [-0.3, -0.25) is 4.79 Å². The third-order valence-electron chi connectivity index (χ3n) is 3.88. The molecule has 0 radical (unpaired) electrons. The lowest BCUT2D eigenvalue weighted by molar-refractivity contribution is 0.102. The summed E-state index contributed by atoms with van der Waals surface area (Å²) in [6, 6.07) is 14.1. The second kappa shape index (κ2) is 8.72. The zero-order valence-corrected chi connectivity index (χ0v) is 15.7. The number of nitrogens with one attached hydrogen (secondary N) is 2. The standard InChI is InChI=1S/C20H20N4O4/c1-26-15-6-4-5-13(9-15)23-19-11-16(21-12-22-19)20(25)24-14-7-8-17(27-2)18(10-14)28-3/h4-12H,1-3H3,(H,24,25)(H,21,22,23). The van der Waals surface area contributed by atoms with E-state index in [2.05, 4.69) is 20.6 Å². The number of aromatic nitrogens is 2. The molecule has 0 aliphatic rings. The van der Waals surface area contributed by atoms with Crippen LogP contribution < -0.4 is 24.8 Å². The summed E-state index contributed by atoms with van der Waals surface area (Å²) >= 11 is 0. The molecule has 1 aromatic heterocycles. The SMILES string of the molecule is COc1cccc(Nc2cc(C(=O)Nc3ccc(OC)c(OC)c3)ncn2)c1. The molecule has 0 saturated carbocycles. The van der Waals surface area contributed by atoms with E-state index in [-0.39, 0.29) is 11.6 Å². The Morgan fingerprint density at radius 1 is 0.857 bits per heavy atom. The van der Waals surface area contributed by atoms with Gasteiger partial charge in [-0.05, 0) is 24.3 Å². The van der Waals surface area contributed by atoms with Crippen molar-refractivity contribution < 1.29 is 19.0 Å². The third kappa shape index (κ3) is 4.47. The van der Waals surface area contributed by atoms with Crippen molar-refractivity contribution in [2.45, 2.75) is 0 Å². The van der Waals surface area contributed by atoms with Crippen LogP contribution in [0.1, 0.15) is 10.5 Å². The molecule has 28 heavy (non-hydrogen) atoms.